The molecule has 0 bridgehead atoms. The molecule has 1 saturated heterocycles. The van der Waals surface area contributed by atoms with Gasteiger partial charge in [-0.05, 0) is 12.8 Å². The minimum Gasteiger partial charge on any atom is -0.480 e. The predicted octanol–water partition coefficient (Wildman–Crippen LogP) is 0.185. The summed E-state index contributed by atoms with van der Waals surface area (Å²) < 4.78 is 10.8. The third kappa shape index (κ3) is 3.50. The van der Waals surface area contributed by atoms with Crippen LogP contribution in [0.3, 0.4) is 0 Å². The van der Waals surface area contributed by atoms with Gasteiger partial charge >= 0.3 is 5.69 Å². The number of imidazole rings is 1. The Morgan fingerprint density at radius 2 is 2.22 bits per heavy atom. The fourth-order valence-corrected chi connectivity index (χ4v) is 2.49. The van der Waals surface area contributed by atoms with Crippen molar-refractivity contribution in [2.45, 2.75) is 18.9 Å². The van der Waals surface area contributed by atoms with Crippen molar-refractivity contribution in [1.82, 2.24) is 24.8 Å². The number of hydrogen-bond donors (Lipinski definition) is 2. The largest absolute Gasteiger partial charge is 0.480 e. The molecular formula is C14H17N5O4. The number of carbonyl (C=O) groups is 1. The molecule has 3 rings (SSSR count). The zero-order chi connectivity index (χ0) is 16.2. The molecule has 0 radical (unpaired) electrons. The van der Waals surface area contributed by atoms with Crippen molar-refractivity contribution >= 4 is 5.91 Å². The number of likely N-dealkylation sites (tertiary alicyclic amines) is 1. The monoisotopic (exact) mass is 319 g/mol. The number of aromatic nitrogens is 4. The van der Waals surface area contributed by atoms with Crippen LogP contribution in [-0.4, -0.2) is 57.0 Å². The van der Waals surface area contributed by atoms with Crippen LogP contribution in [0.5, 0.6) is 11.8 Å². The van der Waals surface area contributed by atoms with E-state index in [1.807, 2.05) is 0 Å². The maximum Gasteiger partial charge on any atom is 0.323 e. The molecule has 1 fully saturated rings. The van der Waals surface area contributed by atoms with E-state index in [4.69, 9.17) is 9.47 Å². The summed E-state index contributed by atoms with van der Waals surface area (Å²) in [6, 6.07) is 0. The van der Waals surface area contributed by atoms with E-state index >= 15 is 0 Å². The zero-order valence-corrected chi connectivity index (χ0v) is 12.6. The van der Waals surface area contributed by atoms with Crippen LogP contribution in [0.2, 0.25) is 0 Å². The molecule has 9 heteroatoms. The normalized spacial score (nSPS) is 17.8. The van der Waals surface area contributed by atoms with Crippen LogP contribution in [0.4, 0.5) is 0 Å². The first kappa shape index (κ1) is 15.1. The lowest BCUT2D eigenvalue weighted by Crippen LogP contribution is -2.44. The van der Waals surface area contributed by atoms with Crippen molar-refractivity contribution in [3.8, 4) is 11.8 Å². The number of ether oxygens (including phenoxy) is 2. The van der Waals surface area contributed by atoms with Gasteiger partial charge in [-0.25, -0.2) is 4.79 Å². The van der Waals surface area contributed by atoms with E-state index in [0.717, 1.165) is 12.8 Å². The van der Waals surface area contributed by atoms with Crippen molar-refractivity contribution in [3.05, 3.63) is 34.8 Å². The standard InChI is InChI=1S/C14H17N5O4/c1-22-11-6-15-7-12(18-11)23-9-3-2-4-19(8-9)13(20)10-5-16-14(21)17-10/h5-7,9H,2-4,8H2,1H3,(H2,16,17,21). The number of hydrogen-bond acceptors (Lipinski definition) is 6. The van der Waals surface area contributed by atoms with Gasteiger partial charge in [-0.15, -0.1) is 0 Å². The molecule has 0 aromatic carbocycles. The van der Waals surface area contributed by atoms with Gasteiger partial charge in [0.15, 0.2) is 0 Å². The summed E-state index contributed by atoms with van der Waals surface area (Å²) in [6.07, 6.45) is 5.82. The third-order valence-electron chi connectivity index (χ3n) is 3.58. The Balaban J connectivity index is 1.66. The second kappa shape index (κ2) is 6.51. The van der Waals surface area contributed by atoms with E-state index < -0.39 is 5.69 Å². The van der Waals surface area contributed by atoms with Crippen LogP contribution in [0.15, 0.2) is 23.4 Å². The lowest BCUT2D eigenvalue weighted by atomic mass is 10.1. The first-order valence-electron chi connectivity index (χ1n) is 7.25. The number of carbonyl (C=O) groups excluding carboxylic acids is 1. The summed E-state index contributed by atoms with van der Waals surface area (Å²) in [6.45, 7) is 1.04. The fraction of sp³-hybridized carbons (Fsp3) is 0.429. The van der Waals surface area contributed by atoms with Gasteiger partial charge in [0, 0.05) is 12.7 Å². The number of amides is 1. The maximum atomic E-state index is 12.3. The Morgan fingerprint density at radius 3 is 2.96 bits per heavy atom. The van der Waals surface area contributed by atoms with Gasteiger partial charge in [-0.2, -0.15) is 4.98 Å². The highest BCUT2D eigenvalue weighted by molar-refractivity contribution is 5.92. The highest BCUT2D eigenvalue weighted by Crippen LogP contribution is 2.19. The summed E-state index contributed by atoms with van der Waals surface area (Å²) >= 11 is 0. The van der Waals surface area contributed by atoms with E-state index in [9.17, 15) is 9.59 Å². The molecule has 2 aromatic rings. The van der Waals surface area contributed by atoms with Crippen LogP contribution in [0, 0.1) is 0 Å². The Labute approximate surface area is 131 Å². The molecule has 0 saturated carbocycles. The van der Waals surface area contributed by atoms with E-state index in [-0.39, 0.29) is 17.7 Å². The highest BCUT2D eigenvalue weighted by atomic mass is 16.5. The van der Waals surface area contributed by atoms with E-state index in [1.54, 1.807) is 4.90 Å². The molecule has 1 aliphatic heterocycles. The lowest BCUT2D eigenvalue weighted by molar-refractivity contribution is 0.0520. The average molecular weight is 319 g/mol. The van der Waals surface area contributed by atoms with Gasteiger partial charge in [-0.1, -0.05) is 0 Å². The van der Waals surface area contributed by atoms with Crippen molar-refractivity contribution in [3.63, 3.8) is 0 Å². The van der Waals surface area contributed by atoms with Gasteiger partial charge in [0.05, 0.1) is 26.0 Å². The van der Waals surface area contributed by atoms with Crippen molar-refractivity contribution in [2.75, 3.05) is 20.2 Å². The number of rotatable bonds is 4. The van der Waals surface area contributed by atoms with Crippen LogP contribution < -0.4 is 15.2 Å². The van der Waals surface area contributed by atoms with E-state index in [0.29, 0.717) is 24.8 Å². The summed E-state index contributed by atoms with van der Waals surface area (Å²) in [5.74, 6) is 0.503. The molecule has 1 atom stereocenters. The van der Waals surface area contributed by atoms with Crippen LogP contribution in [0.1, 0.15) is 23.3 Å². The number of piperidine rings is 1. The molecule has 2 aromatic heterocycles. The third-order valence-corrected chi connectivity index (χ3v) is 3.58. The summed E-state index contributed by atoms with van der Waals surface area (Å²) in [4.78, 5) is 38.2. The maximum absolute atomic E-state index is 12.3. The molecule has 0 spiro atoms. The predicted molar refractivity (Wildman–Crippen MR) is 79.6 cm³/mol. The summed E-state index contributed by atoms with van der Waals surface area (Å²) in [7, 11) is 1.51. The molecule has 1 aliphatic rings. The Kier molecular flexibility index (Phi) is 4.26. The minimum atomic E-state index is -0.398. The zero-order valence-electron chi connectivity index (χ0n) is 12.6. The number of H-pyrrole nitrogens is 2. The van der Waals surface area contributed by atoms with Gasteiger partial charge in [0.2, 0.25) is 11.8 Å². The lowest BCUT2D eigenvalue weighted by Gasteiger charge is -2.32. The topological polar surface area (TPSA) is 113 Å². The highest BCUT2D eigenvalue weighted by Gasteiger charge is 2.26. The molecule has 122 valence electrons. The summed E-state index contributed by atoms with van der Waals surface area (Å²) in [5.41, 5.74) is -0.151. The van der Waals surface area contributed by atoms with Gasteiger partial charge in [0.25, 0.3) is 5.91 Å². The molecule has 9 nitrogen and oxygen atoms in total. The Bertz CT molecular complexity index is 741. The minimum absolute atomic E-state index is 0.181. The van der Waals surface area contributed by atoms with Crippen molar-refractivity contribution < 1.29 is 14.3 Å². The summed E-state index contributed by atoms with van der Waals surface area (Å²) in [5, 5.41) is 0. The quantitative estimate of drug-likeness (QED) is 0.831. The number of nitrogens with zero attached hydrogens (tertiary/aromatic N) is 3. The van der Waals surface area contributed by atoms with Gasteiger partial charge in [0.1, 0.15) is 11.8 Å². The van der Waals surface area contributed by atoms with Crippen molar-refractivity contribution in [2.24, 2.45) is 0 Å². The van der Waals surface area contributed by atoms with Crippen LogP contribution >= 0.6 is 0 Å². The first-order valence-corrected chi connectivity index (χ1v) is 7.25. The average Bonchev–Trinajstić information content (AvgIpc) is 3.01. The molecule has 0 aliphatic carbocycles. The second-order valence-electron chi connectivity index (χ2n) is 5.19. The molecule has 1 unspecified atom stereocenters. The SMILES string of the molecule is COc1cncc(OC2CCCN(C(=O)c3c[nH]c(=O)[nH]3)C2)n1. The molecular weight excluding hydrogens is 302 g/mol. The Morgan fingerprint density at radius 1 is 1.39 bits per heavy atom. The Hall–Kier alpha value is -2.84. The van der Waals surface area contributed by atoms with Crippen LogP contribution in [0.25, 0.3) is 0 Å². The first-order chi connectivity index (χ1) is 11.2. The molecule has 3 heterocycles. The fourth-order valence-electron chi connectivity index (χ4n) is 2.49. The van der Waals surface area contributed by atoms with Gasteiger partial charge < -0.3 is 24.3 Å². The van der Waals surface area contributed by atoms with Crippen LogP contribution in [-0.2, 0) is 0 Å². The molecule has 23 heavy (non-hydrogen) atoms. The number of methoxy groups -OCH3 is 1. The smallest absolute Gasteiger partial charge is 0.323 e. The van der Waals surface area contributed by atoms with Crippen molar-refractivity contribution in [1.29, 1.82) is 0 Å². The molecule has 1 amide bonds. The van der Waals surface area contributed by atoms with Gasteiger partial charge in [-0.3, -0.25) is 9.78 Å². The van der Waals surface area contributed by atoms with E-state index in [1.165, 1.54) is 25.7 Å². The molecule has 2 N–H and O–H groups in total. The number of nitrogens with one attached hydrogen (secondary N) is 2. The number of aromatic amines is 2. The second-order valence-corrected chi connectivity index (χ2v) is 5.19. The van der Waals surface area contributed by atoms with E-state index in [2.05, 4.69) is 19.9 Å².